The van der Waals surface area contributed by atoms with Gasteiger partial charge in [0.25, 0.3) is 0 Å². The van der Waals surface area contributed by atoms with Crippen molar-refractivity contribution in [3.63, 3.8) is 0 Å². The van der Waals surface area contributed by atoms with Crippen molar-refractivity contribution in [2.75, 3.05) is 6.54 Å². The molecule has 0 saturated carbocycles. The van der Waals surface area contributed by atoms with Crippen LogP contribution < -0.4 is 5.32 Å². The van der Waals surface area contributed by atoms with Gasteiger partial charge in [-0.15, -0.1) is 0 Å². The Kier molecular flexibility index (Phi) is 3.21. The van der Waals surface area contributed by atoms with E-state index in [0.29, 0.717) is 5.56 Å². The minimum Gasteiger partial charge on any atom is -0.508 e. The molecule has 1 aromatic rings. The summed E-state index contributed by atoms with van der Waals surface area (Å²) in [5, 5.41) is 12.3. The van der Waals surface area contributed by atoms with Gasteiger partial charge in [0.1, 0.15) is 11.9 Å². The summed E-state index contributed by atoms with van der Waals surface area (Å²) < 4.78 is 14.0. The van der Waals surface area contributed by atoms with Crippen LogP contribution in [-0.2, 0) is 0 Å². The zero-order valence-corrected chi connectivity index (χ0v) is 8.62. The number of hydrogen-bond donors (Lipinski definition) is 2. The average Bonchev–Trinajstić information content (AvgIpc) is 2.30. The number of phenols is 1. The number of halogens is 1. The third-order valence-corrected chi connectivity index (χ3v) is 2.91. The number of aromatic hydroxyl groups is 1. The van der Waals surface area contributed by atoms with E-state index in [0.717, 1.165) is 25.8 Å². The fraction of sp³-hybridized carbons (Fsp3) is 0.500. The van der Waals surface area contributed by atoms with E-state index >= 15 is 0 Å². The number of nitrogens with one attached hydrogen (secondary N) is 1. The molecule has 2 N–H and O–H groups in total. The van der Waals surface area contributed by atoms with E-state index < -0.39 is 6.17 Å². The zero-order chi connectivity index (χ0) is 10.7. The average molecular weight is 209 g/mol. The molecule has 2 atom stereocenters. The first-order valence-electron chi connectivity index (χ1n) is 5.44. The highest BCUT2D eigenvalue weighted by molar-refractivity contribution is 5.28. The number of rotatable bonds is 2. The van der Waals surface area contributed by atoms with Crippen molar-refractivity contribution in [2.45, 2.75) is 31.5 Å². The summed E-state index contributed by atoms with van der Waals surface area (Å²) in [4.78, 5) is 0. The Balaban J connectivity index is 2.05. The monoisotopic (exact) mass is 209 g/mol. The first-order valence-corrected chi connectivity index (χ1v) is 5.44. The molecule has 0 spiro atoms. The Labute approximate surface area is 89.1 Å². The van der Waals surface area contributed by atoms with Gasteiger partial charge in [-0.3, -0.25) is 0 Å². The molecule has 0 amide bonds. The standard InChI is InChI=1S/C12H16FNO/c13-12(11-3-1-2-8-14-11)9-4-6-10(15)7-5-9/h4-7,11-12,14-15H,1-3,8H2. The van der Waals surface area contributed by atoms with Gasteiger partial charge in [-0.05, 0) is 37.1 Å². The van der Waals surface area contributed by atoms with Crippen molar-refractivity contribution in [3.8, 4) is 5.75 Å². The zero-order valence-electron chi connectivity index (χ0n) is 8.62. The molecule has 82 valence electrons. The van der Waals surface area contributed by atoms with E-state index in [2.05, 4.69) is 5.32 Å². The van der Waals surface area contributed by atoms with Crippen molar-refractivity contribution in [1.82, 2.24) is 5.32 Å². The summed E-state index contributed by atoms with van der Waals surface area (Å²) in [6, 6.07) is 6.30. The molecule has 2 nitrogen and oxygen atoms in total. The SMILES string of the molecule is Oc1ccc(C(F)C2CCCCN2)cc1. The maximum absolute atomic E-state index is 14.0. The van der Waals surface area contributed by atoms with Gasteiger partial charge in [0, 0.05) is 6.04 Å². The molecule has 2 unspecified atom stereocenters. The van der Waals surface area contributed by atoms with Crippen LogP contribution in [0.2, 0.25) is 0 Å². The van der Waals surface area contributed by atoms with Gasteiger partial charge in [0.05, 0.1) is 0 Å². The molecule has 2 rings (SSSR count). The molecule has 15 heavy (non-hydrogen) atoms. The van der Waals surface area contributed by atoms with E-state index in [9.17, 15) is 4.39 Å². The number of benzene rings is 1. The van der Waals surface area contributed by atoms with Crippen molar-refractivity contribution in [2.24, 2.45) is 0 Å². The highest BCUT2D eigenvalue weighted by Gasteiger charge is 2.23. The Bertz CT molecular complexity index is 306. The fourth-order valence-electron chi connectivity index (χ4n) is 2.02. The Morgan fingerprint density at radius 2 is 2.00 bits per heavy atom. The lowest BCUT2D eigenvalue weighted by Crippen LogP contribution is -2.37. The quantitative estimate of drug-likeness (QED) is 0.784. The molecule has 1 fully saturated rings. The minimum absolute atomic E-state index is 0.0664. The molecule has 3 heteroatoms. The second kappa shape index (κ2) is 4.62. The van der Waals surface area contributed by atoms with Gasteiger partial charge in [0.2, 0.25) is 0 Å². The van der Waals surface area contributed by atoms with Crippen molar-refractivity contribution < 1.29 is 9.50 Å². The van der Waals surface area contributed by atoms with Crippen molar-refractivity contribution in [3.05, 3.63) is 29.8 Å². The van der Waals surface area contributed by atoms with Crippen LogP contribution in [0, 0.1) is 0 Å². The third kappa shape index (κ3) is 2.48. The van der Waals surface area contributed by atoms with E-state index in [-0.39, 0.29) is 11.8 Å². The summed E-state index contributed by atoms with van der Waals surface area (Å²) in [6.07, 6.45) is 2.16. The molecule has 0 aromatic heterocycles. The van der Waals surface area contributed by atoms with E-state index in [4.69, 9.17) is 5.11 Å². The topological polar surface area (TPSA) is 32.3 Å². The van der Waals surface area contributed by atoms with Crippen LogP contribution in [0.5, 0.6) is 5.75 Å². The van der Waals surface area contributed by atoms with E-state index in [1.807, 2.05) is 0 Å². The summed E-state index contributed by atoms with van der Waals surface area (Å²) >= 11 is 0. The van der Waals surface area contributed by atoms with E-state index in [1.54, 1.807) is 12.1 Å². The maximum atomic E-state index is 14.0. The predicted octanol–water partition coefficient (Wildman–Crippen LogP) is 2.54. The number of hydrogen-bond acceptors (Lipinski definition) is 2. The molecular formula is C12H16FNO. The first-order chi connectivity index (χ1) is 7.27. The first kappa shape index (κ1) is 10.4. The minimum atomic E-state index is -0.967. The number of phenolic OH excluding ortho intramolecular Hbond substituents is 1. The predicted molar refractivity (Wildman–Crippen MR) is 57.6 cm³/mol. The second-order valence-electron chi connectivity index (χ2n) is 4.05. The van der Waals surface area contributed by atoms with Crippen LogP contribution in [-0.4, -0.2) is 17.7 Å². The Morgan fingerprint density at radius 1 is 1.27 bits per heavy atom. The lowest BCUT2D eigenvalue weighted by molar-refractivity contribution is 0.221. The maximum Gasteiger partial charge on any atom is 0.140 e. The molecule has 1 aromatic carbocycles. The van der Waals surface area contributed by atoms with Gasteiger partial charge >= 0.3 is 0 Å². The van der Waals surface area contributed by atoms with Crippen molar-refractivity contribution in [1.29, 1.82) is 0 Å². The van der Waals surface area contributed by atoms with Gasteiger partial charge in [-0.1, -0.05) is 18.6 Å². The molecule has 1 heterocycles. The van der Waals surface area contributed by atoms with Gasteiger partial charge in [-0.25, -0.2) is 4.39 Å². The molecular weight excluding hydrogens is 193 g/mol. The fourth-order valence-corrected chi connectivity index (χ4v) is 2.02. The summed E-state index contributed by atoms with van der Waals surface area (Å²) in [5.41, 5.74) is 0.646. The van der Waals surface area contributed by atoms with Gasteiger partial charge < -0.3 is 10.4 Å². The lowest BCUT2D eigenvalue weighted by atomic mass is 9.96. The van der Waals surface area contributed by atoms with Crippen molar-refractivity contribution >= 4 is 0 Å². The van der Waals surface area contributed by atoms with Crippen LogP contribution in [0.3, 0.4) is 0 Å². The van der Waals surface area contributed by atoms with Crippen LogP contribution in [0.15, 0.2) is 24.3 Å². The van der Waals surface area contributed by atoms with E-state index in [1.165, 1.54) is 12.1 Å². The number of alkyl halides is 1. The van der Waals surface area contributed by atoms with Crippen LogP contribution in [0.4, 0.5) is 4.39 Å². The third-order valence-electron chi connectivity index (χ3n) is 2.91. The molecule has 0 bridgehead atoms. The Hall–Kier alpha value is -1.09. The highest BCUT2D eigenvalue weighted by atomic mass is 19.1. The molecule has 0 radical (unpaired) electrons. The van der Waals surface area contributed by atoms with Gasteiger partial charge in [-0.2, -0.15) is 0 Å². The number of piperidine rings is 1. The highest BCUT2D eigenvalue weighted by Crippen LogP contribution is 2.27. The Morgan fingerprint density at radius 3 is 2.60 bits per heavy atom. The summed E-state index contributed by atoms with van der Waals surface area (Å²) in [5.74, 6) is 0.183. The summed E-state index contributed by atoms with van der Waals surface area (Å²) in [7, 11) is 0. The normalized spacial score (nSPS) is 23.7. The molecule has 0 aliphatic carbocycles. The molecule has 1 aliphatic heterocycles. The van der Waals surface area contributed by atoms with Crippen LogP contribution in [0.25, 0.3) is 0 Å². The lowest BCUT2D eigenvalue weighted by Gasteiger charge is -2.26. The molecule has 1 aliphatic rings. The summed E-state index contributed by atoms with van der Waals surface area (Å²) in [6.45, 7) is 0.906. The van der Waals surface area contributed by atoms with Gasteiger partial charge in [0.15, 0.2) is 0 Å². The van der Waals surface area contributed by atoms with Crippen LogP contribution >= 0.6 is 0 Å². The smallest absolute Gasteiger partial charge is 0.140 e. The largest absolute Gasteiger partial charge is 0.508 e. The second-order valence-corrected chi connectivity index (χ2v) is 4.05. The van der Waals surface area contributed by atoms with Crippen LogP contribution in [0.1, 0.15) is 31.0 Å². The molecule has 1 saturated heterocycles.